The van der Waals surface area contributed by atoms with Crippen molar-refractivity contribution in [1.29, 1.82) is 0 Å². The maximum absolute atomic E-state index is 12.2. The van der Waals surface area contributed by atoms with E-state index < -0.39 is 0 Å². The molecule has 7 heteroatoms. The molecule has 1 aliphatic rings. The molecule has 0 aliphatic carbocycles. The maximum atomic E-state index is 12.2. The van der Waals surface area contributed by atoms with Crippen LogP contribution >= 0.6 is 0 Å². The van der Waals surface area contributed by atoms with Gasteiger partial charge >= 0.3 is 6.03 Å². The lowest BCUT2D eigenvalue weighted by molar-refractivity contribution is -0.120. The van der Waals surface area contributed by atoms with Crippen LogP contribution in [-0.4, -0.2) is 37.2 Å². The normalized spacial score (nSPS) is 14.2. The summed E-state index contributed by atoms with van der Waals surface area (Å²) in [5.41, 5.74) is 3.94. The molecule has 3 rings (SSSR count). The van der Waals surface area contributed by atoms with Crippen LogP contribution in [0, 0.1) is 0 Å². The van der Waals surface area contributed by atoms with Gasteiger partial charge in [-0.25, -0.2) is 4.79 Å². The Morgan fingerprint density at radius 1 is 1.03 bits per heavy atom. The molecule has 2 aromatic rings. The van der Waals surface area contributed by atoms with Gasteiger partial charge in [-0.2, -0.15) is 0 Å². The van der Waals surface area contributed by atoms with Crippen LogP contribution in [0.1, 0.15) is 37.5 Å². The second-order valence-electron chi connectivity index (χ2n) is 8.70. The monoisotopic (exact) mass is 424 g/mol. The van der Waals surface area contributed by atoms with E-state index in [9.17, 15) is 9.59 Å². The summed E-state index contributed by atoms with van der Waals surface area (Å²) in [5.74, 6) is 0.0425. The van der Waals surface area contributed by atoms with E-state index in [1.807, 2.05) is 74.2 Å². The number of hydrogen-bond donors (Lipinski definition) is 3. The zero-order valence-corrected chi connectivity index (χ0v) is 18.5. The van der Waals surface area contributed by atoms with Crippen LogP contribution in [0.15, 0.2) is 48.5 Å². The van der Waals surface area contributed by atoms with Gasteiger partial charge in [0.1, 0.15) is 0 Å². The number of urea groups is 1. The number of piperazine rings is 1. The van der Waals surface area contributed by atoms with Crippen molar-refractivity contribution in [3.8, 4) is 0 Å². The van der Waals surface area contributed by atoms with Crippen LogP contribution in [0.25, 0.3) is 0 Å². The summed E-state index contributed by atoms with van der Waals surface area (Å²) in [7, 11) is 0. The van der Waals surface area contributed by atoms with Crippen molar-refractivity contribution in [2.45, 2.75) is 46.1 Å². The Labute approximate surface area is 184 Å². The summed E-state index contributed by atoms with van der Waals surface area (Å²) < 4.78 is 5.81. The molecule has 7 nitrogen and oxygen atoms in total. The fourth-order valence-corrected chi connectivity index (χ4v) is 3.24. The molecule has 0 saturated carbocycles. The van der Waals surface area contributed by atoms with E-state index in [1.54, 1.807) is 0 Å². The van der Waals surface area contributed by atoms with E-state index in [-0.39, 0.29) is 17.5 Å². The molecule has 1 fully saturated rings. The first kappa shape index (κ1) is 22.6. The predicted octanol–water partition coefficient (Wildman–Crippen LogP) is 2.94. The second-order valence-corrected chi connectivity index (χ2v) is 8.70. The molecule has 0 bridgehead atoms. The van der Waals surface area contributed by atoms with Crippen LogP contribution in [0.3, 0.4) is 0 Å². The molecule has 3 amide bonds. The highest BCUT2D eigenvalue weighted by atomic mass is 16.5. The van der Waals surface area contributed by atoms with E-state index in [1.165, 1.54) is 0 Å². The fraction of sp³-hybridized carbons (Fsp3) is 0.417. The summed E-state index contributed by atoms with van der Waals surface area (Å²) in [6.45, 7) is 9.36. The van der Waals surface area contributed by atoms with Gasteiger partial charge in [0, 0.05) is 31.9 Å². The summed E-state index contributed by atoms with van der Waals surface area (Å²) in [6.07, 6.45) is 0. The number of nitrogens with zero attached hydrogens (tertiary/aromatic N) is 1. The maximum Gasteiger partial charge on any atom is 0.315 e. The standard InChI is InChI=1S/C24H32N4O3/c1-24(2,3)31-17-20-6-4-5-19(13-20)15-27-23(30)26-14-18-7-9-21(10-8-18)28-12-11-25-22(29)16-28/h4-10,13H,11-12,14-17H2,1-3H3,(H,25,29)(H2,26,27,30). The van der Waals surface area contributed by atoms with Crippen LogP contribution < -0.4 is 20.9 Å². The Morgan fingerprint density at radius 3 is 2.39 bits per heavy atom. The Bertz CT molecular complexity index is 890. The second kappa shape index (κ2) is 10.3. The smallest absolute Gasteiger partial charge is 0.315 e. The third-order valence-corrected chi connectivity index (χ3v) is 4.91. The molecule has 0 unspecified atom stereocenters. The molecular formula is C24H32N4O3. The van der Waals surface area contributed by atoms with Crippen molar-refractivity contribution in [3.63, 3.8) is 0 Å². The van der Waals surface area contributed by atoms with Crippen molar-refractivity contribution >= 4 is 17.6 Å². The zero-order chi connectivity index (χ0) is 22.3. The van der Waals surface area contributed by atoms with Crippen molar-refractivity contribution in [3.05, 3.63) is 65.2 Å². The largest absolute Gasteiger partial charge is 0.371 e. The van der Waals surface area contributed by atoms with Gasteiger partial charge in [0.2, 0.25) is 5.91 Å². The van der Waals surface area contributed by atoms with Gasteiger partial charge in [0.05, 0.1) is 18.8 Å². The first-order valence-corrected chi connectivity index (χ1v) is 10.6. The number of benzene rings is 2. The number of carbonyl (C=O) groups excluding carboxylic acids is 2. The number of amides is 3. The third kappa shape index (κ3) is 7.61. The highest BCUT2D eigenvalue weighted by molar-refractivity contribution is 5.82. The fourth-order valence-electron chi connectivity index (χ4n) is 3.24. The van der Waals surface area contributed by atoms with Crippen molar-refractivity contribution in [2.24, 2.45) is 0 Å². The van der Waals surface area contributed by atoms with Crippen LogP contribution in [0.4, 0.5) is 10.5 Å². The topological polar surface area (TPSA) is 82.7 Å². The molecule has 31 heavy (non-hydrogen) atoms. The molecule has 1 aliphatic heterocycles. The molecule has 0 spiro atoms. The van der Waals surface area contributed by atoms with E-state index in [0.29, 0.717) is 32.8 Å². The first-order chi connectivity index (χ1) is 14.8. The SMILES string of the molecule is CC(C)(C)OCc1cccc(CNC(=O)NCc2ccc(N3CCNC(=O)C3)cc2)c1. The summed E-state index contributed by atoms with van der Waals surface area (Å²) >= 11 is 0. The van der Waals surface area contributed by atoms with Crippen LogP contribution in [0.2, 0.25) is 0 Å². The molecule has 0 radical (unpaired) electrons. The van der Waals surface area contributed by atoms with Crippen LogP contribution in [0.5, 0.6) is 0 Å². The Balaban J connectivity index is 1.42. The minimum Gasteiger partial charge on any atom is -0.371 e. The predicted molar refractivity (Wildman–Crippen MR) is 122 cm³/mol. The number of carbonyl (C=O) groups is 2. The lowest BCUT2D eigenvalue weighted by Crippen LogP contribution is -2.47. The lowest BCUT2D eigenvalue weighted by atomic mass is 10.1. The number of anilines is 1. The average Bonchev–Trinajstić information content (AvgIpc) is 2.75. The van der Waals surface area contributed by atoms with Crippen LogP contribution in [-0.2, 0) is 29.2 Å². The third-order valence-electron chi connectivity index (χ3n) is 4.91. The molecule has 0 atom stereocenters. The van der Waals surface area contributed by atoms with Gasteiger partial charge in [0.25, 0.3) is 0 Å². The van der Waals surface area contributed by atoms with Gasteiger partial charge in [0.15, 0.2) is 0 Å². The average molecular weight is 425 g/mol. The minimum absolute atomic E-state index is 0.0425. The van der Waals surface area contributed by atoms with Gasteiger partial charge in [-0.15, -0.1) is 0 Å². The van der Waals surface area contributed by atoms with E-state index in [4.69, 9.17) is 4.74 Å². The molecule has 3 N–H and O–H groups in total. The number of rotatable bonds is 7. The van der Waals surface area contributed by atoms with Crippen molar-refractivity contribution in [1.82, 2.24) is 16.0 Å². The summed E-state index contributed by atoms with van der Waals surface area (Å²) in [5, 5.41) is 8.60. The number of nitrogens with one attached hydrogen (secondary N) is 3. The molecule has 1 saturated heterocycles. The summed E-state index contributed by atoms with van der Waals surface area (Å²) in [4.78, 5) is 25.8. The lowest BCUT2D eigenvalue weighted by Gasteiger charge is -2.28. The Kier molecular flexibility index (Phi) is 7.52. The molecule has 1 heterocycles. The molecule has 166 valence electrons. The quantitative estimate of drug-likeness (QED) is 0.638. The number of hydrogen-bond acceptors (Lipinski definition) is 4. The molecule has 2 aromatic carbocycles. The van der Waals surface area contributed by atoms with E-state index in [0.717, 1.165) is 28.9 Å². The van der Waals surface area contributed by atoms with Gasteiger partial charge < -0.3 is 25.6 Å². The van der Waals surface area contributed by atoms with E-state index >= 15 is 0 Å². The number of ether oxygens (including phenoxy) is 1. The van der Waals surface area contributed by atoms with Gasteiger partial charge in [-0.1, -0.05) is 36.4 Å². The Morgan fingerprint density at radius 2 is 1.71 bits per heavy atom. The zero-order valence-electron chi connectivity index (χ0n) is 18.5. The Hall–Kier alpha value is -3.06. The van der Waals surface area contributed by atoms with Crippen molar-refractivity contribution in [2.75, 3.05) is 24.5 Å². The van der Waals surface area contributed by atoms with Gasteiger partial charge in [-0.3, -0.25) is 4.79 Å². The highest BCUT2D eigenvalue weighted by Crippen LogP contribution is 2.16. The highest BCUT2D eigenvalue weighted by Gasteiger charge is 2.16. The first-order valence-electron chi connectivity index (χ1n) is 10.6. The van der Waals surface area contributed by atoms with E-state index in [2.05, 4.69) is 16.0 Å². The molecule has 0 aromatic heterocycles. The minimum atomic E-state index is -0.215. The van der Waals surface area contributed by atoms with Crippen molar-refractivity contribution < 1.29 is 14.3 Å². The summed E-state index contributed by atoms with van der Waals surface area (Å²) in [6, 6.07) is 15.7. The molecular weight excluding hydrogens is 392 g/mol. The van der Waals surface area contributed by atoms with Gasteiger partial charge in [-0.05, 0) is 49.6 Å².